The molecule has 0 atom stereocenters. The monoisotopic (exact) mass is 336 g/mol. The third-order valence-corrected chi connectivity index (χ3v) is 5.90. The molecule has 1 aliphatic heterocycles. The molecule has 25 heavy (non-hydrogen) atoms. The molecule has 0 spiro atoms. The summed E-state index contributed by atoms with van der Waals surface area (Å²) in [6.07, 6.45) is 0. The van der Waals surface area contributed by atoms with E-state index in [0.29, 0.717) is 0 Å². The van der Waals surface area contributed by atoms with Gasteiger partial charge in [0.1, 0.15) is 22.6 Å². The first-order valence-corrected chi connectivity index (χ1v) is 8.79. The van der Waals surface area contributed by atoms with Gasteiger partial charge in [0.05, 0.1) is 5.71 Å². The average molecular weight is 336 g/mol. The second-order valence-electron chi connectivity index (χ2n) is 7.78. The lowest BCUT2D eigenvalue weighted by Crippen LogP contribution is -2.32. The molecule has 130 valence electrons. The van der Waals surface area contributed by atoms with Crippen molar-refractivity contribution in [2.75, 3.05) is 0 Å². The predicted octanol–water partition coefficient (Wildman–Crippen LogP) is 4.05. The number of rotatable bonds is 1. The first-order chi connectivity index (χ1) is 11.6. The predicted molar refractivity (Wildman–Crippen MR) is 103 cm³/mol. The van der Waals surface area contributed by atoms with Crippen molar-refractivity contribution in [1.82, 2.24) is 23.7 Å². The number of imidazole rings is 2. The highest BCUT2D eigenvalue weighted by molar-refractivity contribution is 5.99. The van der Waals surface area contributed by atoms with Crippen LogP contribution in [0, 0.1) is 27.7 Å². The molecule has 0 saturated heterocycles. The lowest BCUT2D eigenvalue weighted by molar-refractivity contribution is 0.528. The highest BCUT2D eigenvalue weighted by Gasteiger charge is 2.45. The lowest BCUT2D eigenvalue weighted by atomic mass is 9.99. The molecule has 1 aliphatic rings. The minimum Gasteiger partial charge on any atom is -0.265 e. The van der Waals surface area contributed by atoms with Gasteiger partial charge in [-0.1, -0.05) is 0 Å². The molecule has 1 aromatic carbocycles. The minimum absolute atomic E-state index is 0.142. The van der Waals surface area contributed by atoms with Crippen LogP contribution < -0.4 is 4.58 Å². The van der Waals surface area contributed by atoms with Gasteiger partial charge in [0.2, 0.25) is 5.82 Å². The Kier molecular flexibility index (Phi) is 3.09. The highest BCUT2D eigenvalue weighted by atomic mass is 15.4. The van der Waals surface area contributed by atoms with Crippen molar-refractivity contribution >= 4 is 28.5 Å². The van der Waals surface area contributed by atoms with Gasteiger partial charge < -0.3 is 0 Å². The summed E-state index contributed by atoms with van der Waals surface area (Å²) in [5.74, 6) is 3.10. The fraction of sp³-hybridized carbons (Fsp3) is 0.450. The van der Waals surface area contributed by atoms with E-state index in [9.17, 15) is 0 Å². The van der Waals surface area contributed by atoms with Gasteiger partial charge in [-0.25, -0.2) is 9.55 Å². The smallest absolute Gasteiger partial charge is 0.265 e. The van der Waals surface area contributed by atoms with Gasteiger partial charge in [0.15, 0.2) is 5.52 Å². The van der Waals surface area contributed by atoms with Crippen molar-refractivity contribution in [2.24, 2.45) is 7.05 Å². The maximum absolute atomic E-state index is 5.02. The first-order valence-electron chi connectivity index (χ1n) is 8.79. The number of aryl methyl sites for hydroxylation is 4. The topological polar surface area (TPSA) is 38.6 Å². The summed E-state index contributed by atoms with van der Waals surface area (Å²) < 4.78 is 6.80. The lowest BCUT2D eigenvalue weighted by Gasteiger charge is -2.19. The summed E-state index contributed by atoms with van der Waals surface area (Å²) in [7, 11) is 2.07. The minimum atomic E-state index is -0.142. The largest absolute Gasteiger partial charge is 0.360 e. The Hall–Kier alpha value is -2.43. The van der Waals surface area contributed by atoms with Crippen LogP contribution >= 0.6 is 0 Å². The summed E-state index contributed by atoms with van der Waals surface area (Å²) in [5.41, 5.74) is 6.98. The number of hydrogen-bond acceptors (Lipinski definition) is 2. The third kappa shape index (κ3) is 1.92. The summed E-state index contributed by atoms with van der Waals surface area (Å²) in [6, 6.07) is 4.46. The molecule has 0 N–H and O–H groups in total. The van der Waals surface area contributed by atoms with Crippen molar-refractivity contribution in [1.29, 1.82) is 0 Å². The van der Waals surface area contributed by atoms with Crippen LogP contribution in [0.5, 0.6) is 0 Å². The standard InChI is InChI=1S/C20H26N5/c1-11-9-16-17(10-12(11)2)25-19(22-16)24(14(4)20(25,6)7)18-13(3)21-15(5)23(18)8/h9-10H,1-8H3/q+1. The van der Waals surface area contributed by atoms with Gasteiger partial charge >= 0.3 is 5.95 Å². The van der Waals surface area contributed by atoms with Crippen LogP contribution in [-0.4, -0.2) is 24.8 Å². The number of fused-ring (bicyclic) bond motifs is 3. The van der Waals surface area contributed by atoms with E-state index in [-0.39, 0.29) is 5.54 Å². The van der Waals surface area contributed by atoms with E-state index in [0.717, 1.165) is 28.8 Å². The molecule has 0 radical (unpaired) electrons. The molecule has 0 amide bonds. The summed E-state index contributed by atoms with van der Waals surface area (Å²) in [5, 5.41) is 0. The van der Waals surface area contributed by atoms with Crippen molar-refractivity contribution < 1.29 is 0 Å². The summed E-state index contributed by atoms with van der Waals surface area (Å²) >= 11 is 0. The van der Waals surface area contributed by atoms with Crippen LogP contribution in [0.15, 0.2) is 12.1 Å². The first kappa shape index (κ1) is 16.1. The molecule has 5 heteroatoms. The van der Waals surface area contributed by atoms with Crippen molar-refractivity contribution in [2.45, 2.75) is 54.0 Å². The van der Waals surface area contributed by atoms with Gasteiger partial charge in [0, 0.05) is 14.0 Å². The van der Waals surface area contributed by atoms with Crippen LogP contribution in [0.25, 0.3) is 11.0 Å². The molecular weight excluding hydrogens is 310 g/mol. The van der Waals surface area contributed by atoms with Gasteiger partial charge in [0.25, 0.3) is 0 Å². The van der Waals surface area contributed by atoms with Crippen molar-refractivity contribution in [3.8, 4) is 0 Å². The highest BCUT2D eigenvalue weighted by Crippen LogP contribution is 2.40. The van der Waals surface area contributed by atoms with Gasteiger partial charge in [-0.15, -0.1) is 4.98 Å². The second kappa shape index (κ2) is 4.81. The molecule has 0 aliphatic carbocycles. The third-order valence-electron chi connectivity index (χ3n) is 5.90. The Morgan fingerprint density at radius 2 is 1.60 bits per heavy atom. The van der Waals surface area contributed by atoms with E-state index >= 15 is 0 Å². The Balaban J connectivity index is 2.11. The van der Waals surface area contributed by atoms with Gasteiger partial charge in [-0.2, -0.15) is 4.58 Å². The zero-order valence-electron chi connectivity index (χ0n) is 16.4. The quantitative estimate of drug-likeness (QED) is 0.629. The molecule has 5 nitrogen and oxygen atoms in total. The molecular formula is C20H26N5+. The van der Waals surface area contributed by atoms with Gasteiger partial charge in [-0.3, -0.25) is 4.57 Å². The number of aromatic nitrogens is 4. The van der Waals surface area contributed by atoms with Crippen molar-refractivity contribution in [3.05, 3.63) is 34.8 Å². The summed E-state index contributed by atoms with van der Waals surface area (Å²) in [4.78, 5) is 9.68. The zero-order chi connectivity index (χ0) is 18.3. The van der Waals surface area contributed by atoms with Crippen LogP contribution in [0.3, 0.4) is 0 Å². The maximum Gasteiger partial charge on any atom is 0.360 e. The van der Waals surface area contributed by atoms with E-state index in [1.165, 1.54) is 22.4 Å². The zero-order valence-corrected chi connectivity index (χ0v) is 16.4. The molecule has 0 saturated carbocycles. The number of hydrogen-bond donors (Lipinski definition) is 0. The molecule has 0 unspecified atom stereocenters. The number of benzene rings is 1. The number of nitrogens with zero attached hydrogens (tertiary/aromatic N) is 5. The molecule has 0 fully saturated rings. The Morgan fingerprint density at radius 3 is 2.20 bits per heavy atom. The molecule has 3 aromatic rings. The van der Waals surface area contributed by atoms with Crippen LogP contribution in [0.1, 0.15) is 43.4 Å². The Bertz CT molecular complexity index is 1080. The fourth-order valence-corrected chi connectivity index (χ4v) is 3.94. The molecule has 3 heterocycles. The van der Waals surface area contributed by atoms with E-state index in [1.807, 2.05) is 6.92 Å². The SMILES string of the molecule is CC1=[N+](c2c(C)nc(C)n2C)c2nc3cc(C)c(C)cc3n2C1(C)C. The van der Waals surface area contributed by atoms with E-state index in [2.05, 4.69) is 79.4 Å². The average Bonchev–Trinajstić information content (AvgIpc) is 3.06. The van der Waals surface area contributed by atoms with Gasteiger partial charge in [-0.05, 0) is 64.8 Å². The van der Waals surface area contributed by atoms with E-state index in [4.69, 9.17) is 4.98 Å². The van der Waals surface area contributed by atoms with E-state index < -0.39 is 0 Å². The normalized spacial score (nSPS) is 16.2. The summed E-state index contributed by atoms with van der Waals surface area (Å²) in [6.45, 7) is 15.2. The fourth-order valence-electron chi connectivity index (χ4n) is 3.94. The van der Waals surface area contributed by atoms with Crippen LogP contribution in [0.4, 0.5) is 11.8 Å². The molecule has 0 bridgehead atoms. The molecule has 4 rings (SSSR count). The maximum atomic E-state index is 5.02. The Labute approximate surface area is 148 Å². The van der Waals surface area contributed by atoms with Crippen LogP contribution in [-0.2, 0) is 12.6 Å². The molecule has 2 aromatic heterocycles. The second-order valence-corrected chi connectivity index (χ2v) is 7.78. The van der Waals surface area contributed by atoms with Crippen LogP contribution in [0.2, 0.25) is 0 Å². The van der Waals surface area contributed by atoms with E-state index in [1.54, 1.807) is 0 Å². The Morgan fingerprint density at radius 1 is 0.960 bits per heavy atom. The van der Waals surface area contributed by atoms with Crippen molar-refractivity contribution in [3.63, 3.8) is 0 Å².